The first-order valence-corrected chi connectivity index (χ1v) is 7.23. The van der Waals surface area contributed by atoms with Gasteiger partial charge in [-0.25, -0.2) is 0 Å². The van der Waals surface area contributed by atoms with E-state index in [0.717, 1.165) is 5.52 Å². The van der Waals surface area contributed by atoms with E-state index in [1.54, 1.807) is 29.8 Å². The molecule has 1 amide bonds. The third-order valence-electron chi connectivity index (χ3n) is 3.34. The first-order valence-electron chi connectivity index (χ1n) is 7.23. The van der Waals surface area contributed by atoms with Gasteiger partial charge in [0.2, 0.25) is 5.43 Å². The van der Waals surface area contributed by atoms with Crippen LogP contribution in [0.3, 0.4) is 0 Å². The van der Waals surface area contributed by atoms with E-state index in [9.17, 15) is 9.59 Å². The normalized spacial score (nSPS) is 10.7. The minimum atomic E-state index is -0.433. The number of nitrogens with one attached hydrogen (secondary N) is 1. The Morgan fingerprint density at radius 3 is 2.86 bits per heavy atom. The molecule has 0 bridgehead atoms. The molecule has 1 aromatic heterocycles. The van der Waals surface area contributed by atoms with E-state index in [4.69, 9.17) is 9.84 Å². The standard InChI is InChI=1S/C16H20N2O4/c1-3-22-11-5-6-14-12(9-11)15(20)13(10-18(14)2)16(21)17-7-4-8-19/h5-6,9-10,19H,3-4,7-8H2,1-2H3,(H,17,21). The molecule has 0 fully saturated rings. The Morgan fingerprint density at radius 1 is 1.41 bits per heavy atom. The number of rotatable bonds is 6. The Kier molecular flexibility index (Phi) is 5.16. The molecule has 22 heavy (non-hydrogen) atoms. The summed E-state index contributed by atoms with van der Waals surface area (Å²) in [5.74, 6) is 0.169. The summed E-state index contributed by atoms with van der Waals surface area (Å²) in [6.45, 7) is 2.70. The number of carbonyl (C=O) groups excluding carboxylic acids is 1. The highest BCUT2D eigenvalue weighted by Gasteiger charge is 2.14. The summed E-state index contributed by atoms with van der Waals surface area (Å²) in [4.78, 5) is 24.6. The van der Waals surface area contributed by atoms with E-state index in [1.165, 1.54) is 6.20 Å². The lowest BCUT2D eigenvalue weighted by atomic mass is 10.1. The van der Waals surface area contributed by atoms with Crippen LogP contribution in [-0.4, -0.2) is 35.3 Å². The van der Waals surface area contributed by atoms with E-state index >= 15 is 0 Å². The van der Waals surface area contributed by atoms with Crippen LogP contribution in [0.1, 0.15) is 23.7 Å². The molecule has 1 heterocycles. The van der Waals surface area contributed by atoms with Crippen molar-refractivity contribution >= 4 is 16.8 Å². The fourth-order valence-corrected chi connectivity index (χ4v) is 2.27. The van der Waals surface area contributed by atoms with Gasteiger partial charge in [-0.3, -0.25) is 9.59 Å². The number of hydrogen-bond acceptors (Lipinski definition) is 4. The maximum atomic E-state index is 12.5. The summed E-state index contributed by atoms with van der Waals surface area (Å²) in [5.41, 5.74) is 0.498. The van der Waals surface area contributed by atoms with Crippen LogP contribution in [-0.2, 0) is 7.05 Å². The van der Waals surface area contributed by atoms with Gasteiger partial charge in [0.05, 0.1) is 17.5 Å². The van der Waals surface area contributed by atoms with Crippen molar-refractivity contribution in [3.05, 3.63) is 40.2 Å². The first kappa shape index (κ1) is 16.0. The maximum absolute atomic E-state index is 12.5. The number of pyridine rings is 1. The fraction of sp³-hybridized carbons (Fsp3) is 0.375. The van der Waals surface area contributed by atoms with Gasteiger partial charge in [0.25, 0.3) is 5.91 Å². The van der Waals surface area contributed by atoms with Gasteiger partial charge in [-0.1, -0.05) is 0 Å². The van der Waals surface area contributed by atoms with E-state index < -0.39 is 5.91 Å². The highest BCUT2D eigenvalue weighted by molar-refractivity contribution is 5.97. The summed E-state index contributed by atoms with van der Waals surface area (Å²) < 4.78 is 7.16. The van der Waals surface area contributed by atoms with Crippen molar-refractivity contribution in [3.63, 3.8) is 0 Å². The molecular weight excluding hydrogens is 284 g/mol. The average molecular weight is 304 g/mol. The Bertz CT molecular complexity index is 737. The number of aryl methyl sites for hydroxylation is 1. The van der Waals surface area contributed by atoms with Gasteiger partial charge < -0.3 is 19.7 Å². The van der Waals surface area contributed by atoms with Gasteiger partial charge in [0, 0.05) is 26.4 Å². The number of fused-ring (bicyclic) bond motifs is 1. The average Bonchev–Trinajstić information content (AvgIpc) is 2.51. The number of aromatic nitrogens is 1. The van der Waals surface area contributed by atoms with Crippen molar-refractivity contribution in [2.45, 2.75) is 13.3 Å². The topological polar surface area (TPSA) is 80.6 Å². The van der Waals surface area contributed by atoms with E-state index in [1.807, 2.05) is 6.92 Å². The molecule has 2 rings (SSSR count). The summed E-state index contributed by atoms with van der Waals surface area (Å²) in [6, 6.07) is 5.26. The van der Waals surface area contributed by atoms with Crippen molar-refractivity contribution < 1.29 is 14.6 Å². The number of carbonyl (C=O) groups is 1. The molecule has 0 aliphatic heterocycles. The van der Waals surface area contributed by atoms with Gasteiger partial charge in [-0.15, -0.1) is 0 Å². The van der Waals surface area contributed by atoms with Crippen molar-refractivity contribution in [3.8, 4) is 5.75 Å². The molecule has 0 atom stereocenters. The van der Waals surface area contributed by atoms with Gasteiger partial charge in [-0.2, -0.15) is 0 Å². The smallest absolute Gasteiger partial charge is 0.256 e. The highest BCUT2D eigenvalue weighted by Crippen LogP contribution is 2.18. The van der Waals surface area contributed by atoms with Gasteiger partial charge in [-0.05, 0) is 31.5 Å². The largest absolute Gasteiger partial charge is 0.494 e. The number of aliphatic hydroxyl groups is 1. The molecule has 2 N–H and O–H groups in total. The molecule has 0 saturated heterocycles. The molecule has 2 aromatic rings. The number of aliphatic hydroxyl groups excluding tert-OH is 1. The minimum Gasteiger partial charge on any atom is -0.494 e. The molecule has 0 unspecified atom stereocenters. The number of ether oxygens (including phenoxy) is 1. The lowest BCUT2D eigenvalue weighted by Crippen LogP contribution is -2.30. The molecule has 0 radical (unpaired) electrons. The Balaban J connectivity index is 2.45. The van der Waals surface area contributed by atoms with Crippen molar-refractivity contribution in [2.24, 2.45) is 7.05 Å². The van der Waals surface area contributed by atoms with Crippen LogP contribution >= 0.6 is 0 Å². The van der Waals surface area contributed by atoms with Gasteiger partial charge in [0.15, 0.2) is 0 Å². The van der Waals surface area contributed by atoms with E-state index in [0.29, 0.717) is 30.7 Å². The third kappa shape index (κ3) is 3.28. The molecule has 6 heteroatoms. The lowest BCUT2D eigenvalue weighted by molar-refractivity contribution is 0.0949. The van der Waals surface area contributed by atoms with Gasteiger partial charge >= 0.3 is 0 Å². The maximum Gasteiger partial charge on any atom is 0.256 e. The summed E-state index contributed by atoms with van der Waals surface area (Å²) in [6.07, 6.45) is 1.98. The van der Waals surface area contributed by atoms with Crippen molar-refractivity contribution in [2.75, 3.05) is 19.8 Å². The molecule has 0 saturated carbocycles. The lowest BCUT2D eigenvalue weighted by Gasteiger charge is -2.11. The summed E-state index contributed by atoms with van der Waals surface area (Å²) >= 11 is 0. The second kappa shape index (κ2) is 7.09. The fourth-order valence-electron chi connectivity index (χ4n) is 2.27. The zero-order chi connectivity index (χ0) is 16.1. The SMILES string of the molecule is CCOc1ccc2c(c1)c(=O)c(C(=O)NCCCO)cn2C. The Morgan fingerprint density at radius 2 is 2.18 bits per heavy atom. The van der Waals surface area contributed by atoms with Crippen LogP contribution in [0.15, 0.2) is 29.2 Å². The monoisotopic (exact) mass is 304 g/mol. The van der Waals surface area contributed by atoms with Crippen molar-refractivity contribution in [1.29, 1.82) is 0 Å². The summed E-state index contributed by atoms with van der Waals surface area (Å²) in [5, 5.41) is 11.8. The zero-order valence-corrected chi connectivity index (χ0v) is 12.8. The Hall–Kier alpha value is -2.34. The Labute approximate surface area is 128 Å². The number of nitrogens with zero attached hydrogens (tertiary/aromatic N) is 1. The second-order valence-electron chi connectivity index (χ2n) is 4.93. The molecule has 0 spiro atoms. The summed E-state index contributed by atoms with van der Waals surface area (Å²) in [7, 11) is 1.78. The quantitative estimate of drug-likeness (QED) is 0.782. The van der Waals surface area contributed by atoms with Crippen LogP contribution in [0.4, 0.5) is 0 Å². The van der Waals surface area contributed by atoms with Gasteiger partial charge in [0.1, 0.15) is 11.3 Å². The predicted molar refractivity (Wildman–Crippen MR) is 84.4 cm³/mol. The third-order valence-corrected chi connectivity index (χ3v) is 3.34. The number of benzene rings is 1. The van der Waals surface area contributed by atoms with Crippen molar-refractivity contribution in [1.82, 2.24) is 9.88 Å². The molecule has 118 valence electrons. The zero-order valence-electron chi connectivity index (χ0n) is 12.8. The van der Waals surface area contributed by atoms with Crippen LogP contribution in [0, 0.1) is 0 Å². The highest BCUT2D eigenvalue weighted by atomic mass is 16.5. The molecule has 1 aromatic carbocycles. The van der Waals surface area contributed by atoms with Crippen LogP contribution < -0.4 is 15.5 Å². The molecule has 6 nitrogen and oxygen atoms in total. The van der Waals surface area contributed by atoms with E-state index in [-0.39, 0.29) is 17.6 Å². The van der Waals surface area contributed by atoms with Crippen LogP contribution in [0.2, 0.25) is 0 Å². The molecule has 0 aliphatic carbocycles. The predicted octanol–water partition coefficient (Wildman–Crippen LogP) is 1.05. The minimum absolute atomic E-state index is 0.00622. The molecular formula is C16H20N2O4. The van der Waals surface area contributed by atoms with E-state index in [2.05, 4.69) is 5.32 Å². The number of hydrogen-bond donors (Lipinski definition) is 2. The van der Waals surface area contributed by atoms with Crippen LogP contribution in [0.5, 0.6) is 5.75 Å². The number of amides is 1. The molecule has 0 aliphatic rings. The first-order chi connectivity index (χ1) is 10.6. The van der Waals surface area contributed by atoms with Crippen LogP contribution in [0.25, 0.3) is 10.9 Å². The second-order valence-corrected chi connectivity index (χ2v) is 4.93.